The Kier molecular flexibility index (Phi) is 11.4. The Bertz CT molecular complexity index is 2030. The summed E-state index contributed by atoms with van der Waals surface area (Å²) in [5.41, 5.74) is 0.227. The fourth-order valence-electron chi connectivity index (χ4n) is 5.06. The van der Waals surface area contributed by atoms with Crippen molar-refractivity contribution >= 4 is 57.7 Å². The molecule has 258 valence electrons. The molecule has 0 amide bonds. The van der Waals surface area contributed by atoms with E-state index in [0.29, 0.717) is 28.3 Å². The van der Waals surface area contributed by atoms with Gasteiger partial charge < -0.3 is 14.8 Å². The van der Waals surface area contributed by atoms with Gasteiger partial charge in [-0.2, -0.15) is 13.2 Å². The van der Waals surface area contributed by atoms with Crippen molar-refractivity contribution in [2.45, 2.75) is 43.1 Å². The number of thioether (sulfide) groups is 1. The molecule has 9 nitrogen and oxygen atoms in total. The number of ether oxygens (including phenoxy) is 2. The van der Waals surface area contributed by atoms with Gasteiger partial charge in [-0.3, -0.25) is 19.1 Å². The van der Waals surface area contributed by atoms with Gasteiger partial charge in [0.25, 0.3) is 0 Å². The highest BCUT2D eigenvalue weighted by Gasteiger charge is 2.38. The number of aromatic nitrogens is 2. The first-order valence-corrected chi connectivity index (χ1v) is 17.0. The molecule has 0 saturated carbocycles. The van der Waals surface area contributed by atoms with E-state index in [2.05, 4.69) is 15.0 Å². The highest BCUT2D eigenvalue weighted by molar-refractivity contribution is 8.00. The zero-order chi connectivity index (χ0) is 35.3. The van der Waals surface area contributed by atoms with Crippen LogP contribution in [0.4, 0.5) is 23.2 Å². The highest BCUT2D eigenvalue weighted by atomic mass is 35.5. The van der Waals surface area contributed by atoms with E-state index < -0.39 is 29.6 Å². The number of nitrogens with zero attached hydrogens (tertiary/aromatic N) is 3. The number of nitrogens with one attached hydrogen (secondary N) is 1. The lowest BCUT2D eigenvalue weighted by molar-refractivity contribution is -0.138. The van der Waals surface area contributed by atoms with Gasteiger partial charge in [0, 0.05) is 30.6 Å². The number of hydrogen-bond donors (Lipinski definition) is 1. The molecule has 0 spiro atoms. The van der Waals surface area contributed by atoms with Gasteiger partial charge in [0.05, 0.1) is 29.0 Å². The van der Waals surface area contributed by atoms with E-state index in [4.69, 9.17) is 16.3 Å². The van der Waals surface area contributed by atoms with Crippen LogP contribution in [0.2, 0.25) is 5.02 Å². The number of hydrogen-bond acceptors (Lipinski definition) is 9. The molecule has 16 heteroatoms. The van der Waals surface area contributed by atoms with E-state index in [1.54, 1.807) is 40.7 Å². The Morgan fingerprint density at radius 3 is 2.47 bits per heavy atom. The lowest BCUT2D eigenvalue weighted by atomic mass is 9.96. The predicted octanol–water partition coefficient (Wildman–Crippen LogP) is 6.73. The lowest BCUT2D eigenvalue weighted by Crippen LogP contribution is -2.31. The summed E-state index contributed by atoms with van der Waals surface area (Å²) in [6.07, 6.45) is -3.44. The number of ketones is 1. The number of carbonyl (C=O) groups excluding carboxylic acids is 2. The first-order valence-electron chi connectivity index (χ1n) is 14.8. The van der Waals surface area contributed by atoms with E-state index in [1.807, 2.05) is 6.07 Å². The Morgan fingerprint density at radius 2 is 1.80 bits per heavy atom. The number of benzene rings is 3. The van der Waals surface area contributed by atoms with E-state index in [9.17, 15) is 31.9 Å². The zero-order valence-electron chi connectivity index (χ0n) is 26.1. The first-order chi connectivity index (χ1) is 23.4. The maximum Gasteiger partial charge on any atom is 0.416 e. The van der Waals surface area contributed by atoms with Gasteiger partial charge in [0.1, 0.15) is 11.5 Å². The van der Waals surface area contributed by atoms with Crippen LogP contribution < -0.4 is 15.0 Å². The van der Waals surface area contributed by atoms with Crippen molar-refractivity contribution in [3.8, 4) is 0 Å². The SMILES string of the molecule is CNC1=C(c2cccc(C(F)(F)F)c2)C(=O)C(c2ccccc2)O1.COC(=O)CSc1cc(N=c2sc(=O)n3n2CCCC3)c(F)cc1Cl. The summed E-state index contributed by atoms with van der Waals surface area (Å²) in [7, 11) is 2.86. The van der Waals surface area contributed by atoms with Crippen molar-refractivity contribution in [1.29, 1.82) is 0 Å². The zero-order valence-corrected chi connectivity index (χ0v) is 28.4. The monoisotopic (exact) mass is 736 g/mol. The van der Waals surface area contributed by atoms with Crippen LogP contribution in [0.25, 0.3) is 5.57 Å². The molecule has 0 fully saturated rings. The summed E-state index contributed by atoms with van der Waals surface area (Å²) in [4.78, 5) is 41.2. The van der Waals surface area contributed by atoms with Crippen LogP contribution in [0.1, 0.15) is 35.6 Å². The molecule has 1 N–H and O–H groups in total. The van der Waals surface area contributed by atoms with Gasteiger partial charge in [0.15, 0.2) is 12.0 Å². The average Bonchev–Trinajstić information content (AvgIpc) is 3.61. The number of rotatable bonds is 7. The molecular formula is C33H29ClF4N4O5S2. The van der Waals surface area contributed by atoms with Gasteiger partial charge in [-0.05, 0) is 54.0 Å². The van der Waals surface area contributed by atoms with Crippen LogP contribution in [0.3, 0.4) is 0 Å². The van der Waals surface area contributed by atoms with Gasteiger partial charge in [-0.1, -0.05) is 54.1 Å². The minimum atomic E-state index is -4.47. The second kappa shape index (κ2) is 15.5. The molecule has 49 heavy (non-hydrogen) atoms. The maximum absolute atomic E-state index is 14.3. The number of alkyl halides is 3. The third-order valence-electron chi connectivity index (χ3n) is 7.44. The number of methoxy groups -OCH3 is 1. The van der Waals surface area contributed by atoms with Crippen molar-refractivity contribution in [2.24, 2.45) is 4.99 Å². The standard InChI is InChI=1S/C18H14F3NO2.C15H15ClFN3O3S2/c1-22-17-14(12-8-5-9-13(10-12)18(19,20)21)15(23)16(24-17)11-6-3-2-4-7-11;1-23-13(21)8-24-12-7-11(10(17)6-9(12)16)18-14-19-4-2-3-5-20(19)15(22)25-14/h2-10,16,22H,1H3;6-7H,2-5,8H2,1H3. The lowest BCUT2D eigenvalue weighted by Gasteiger charge is -2.15. The van der Waals surface area contributed by atoms with E-state index in [1.165, 1.54) is 25.3 Å². The molecule has 3 heterocycles. The van der Waals surface area contributed by atoms with Crippen LogP contribution in [0.5, 0.6) is 0 Å². The third kappa shape index (κ3) is 8.28. The van der Waals surface area contributed by atoms with Crippen molar-refractivity contribution in [3.63, 3.8) is 0 Å². The molecule has 1 unspecified atom stereocenters. The molecule has 0 radical (unpaired) electrons. The summed E-state index contributed by atoms with van der Waals surface area (Å²) in [6, 6.07) is 16.2. The molecular weight excluding hydrogens is 708 g/mol. The molecule has 4 aromatic rings. The second-order valence-electron chi connectivity index (χ2n) is 10.6. The van der Waals surface area contributed by atoms with Crippen LogP contribution in [-0.2, 0) is 38.3 Å². The normalized spacial score (nSPS) is 16.1. The topological polar surface area (TPSA) is 104 Å². The first kappa shape index (κ1) is 36.0. The maximum atomic E-state index is 14.3. The Hall–Kier alpha value is -4.34. The molecule has 0 saturated heterocycles. The van der Waals surface area contributed by atoms with Gasteiger partial charge >= 0.3 is 17.0 Å². The Balaban J connectivity index is 0.000000191. The summed E-state index contributed by atoms with van der Waals surface area (Å²) in [5, 5.41) is 2.96. The fourth-order valence-corrected chi connectivity index (χ4v) is 7.05. The van der Waals surface area contributed by atoms with Crippen molar-refractivity contribution < 1.29 is 36.6 Å². The smallest absolute Gasteiger partial charge is 0.416 e. The number of fused-ring (bicyclic) bond motifs is 1. The second-order valence-corrected chi connectivity index (χ2v) is 13.0. The quantitative estimate of drug-likeness (QED) is 0.128. The third-order valence-corrected chi connectivity index (χ3v) is 9.76. The van der Waals surface area contributed by atoms with Crippen LogP contribution in [-0.4, -0.2) is 41.0 Å². The van der Waals surface area contributed by atoms with Crippen molar-refractivity contribution in [1.82, 2.24) is 14.7 Å². The number of esters is 1. The van der Waals surface area contributed by atoms with Crippen LogP contribution >= 0.6 is 34.7 Å². The Labute approximate surface area is 290 Å². The molecule has 2 aliphatic rings. The molecule has 3 aromatic carbocycles. The summed E-state index contributed by atoms with van der Waals surface area (Å²) < 4.78 is 66.7. The summed E-state index contributed by atoms with van der Waals surface area (Å²) in [6.45, 7) is 1.32. The molecule has 0 aliphatic carbocycles. The molecule has 1 aromatic heterocycles. The van der Waals surface area contributed by atoms with Crippen molar-refractivity contribution in [3.05, 3.63) is 115 Å². The predicted molar refractivity (Wildman–Crippen MR) is 178 cm³/mol. The fraction of sp³-hybridized carbons (Fsp3) is 0.273. The number of Topliss-reactive ketones (excluding diaryl/α,β-unsaturated/α-hetero) is 1. The van der Waals surface area contributed by atoms with Gasteiger partial charge in [-0.25, -0.2) is 14.1 Å². The number of halogens is 5. The summed E-state index contributed by atoms with van der Waals surface area (Å²) in [5.74, 6) is -1.12. The van der Waals surface area contributed by atoms with E-state index in [0.717, 1.165) is 54.1 Å². The number of carbonyl (C=O) groups is 2. The minimum Gasteiger partial charge on any atom is -0.468 e. The van der Waals surface area contributed by atoms with Crippen LogP contribution in [0.15, 0.2) is 87.3 Å². The average molecular weight is 737 g/mol. The largest absolute Gasteiger partial charge is 0.468 e. The van der Waals surface area contributed by atoms with Crippen molar-refractivity contribution in [2.75, 3.05) is 19.9 Å². The molecule has 0 bridgehead atoms. The highest BCUT2D eigenvalue weighted by Crippen LogP contribution is 2.39. The molecule has 2 aliphatic heterocycles. The van der Waals surface area contributed by atoms with Gasteiger partial charge in [0.2, 0.25) is 10.6 Å². The molecule has 1 atom stereocenters. The van der Waals surface area contributed by atoms with Crippen LogP contribution in [0, 0.1) is 5.82 Å². The Morgan fingerprint density at radius 1 is 1.08 bits per heavy atom. The minimum absolute atomic E-state index is 0.0605. The molecule has 6 rings (SSSR count). The van der Waals surface area contributed by atoms with E-state index >= 15 is 0 Å². The summed E-state index contributed by atoms with van der Waals surface area (Å²) >= 11 is 8.17. The van der Waals surface area contributed by atoms with E-state index in [-0.39, 0.29) is 44.1 Å². The van der Waals surface area contributed by atoms with Gasteiger partial charge in [-0.15, -0.1) is 11.8 Å².